The van der Waals surface area contributed by atoms with Gasteiger partial charge in [0.25, 0.3) is 0 Å². The Morgan fingerprint density at radius 2 is 1.56 bits per heavy atom. The lowest BCUT2D eigenvalue weighted by atomic mass is 10.1. The average molecular weight is 246 g/mol. The van der Waals surface area contributed by atoms with Gasteiger partial charge in [0.05, 0.1) is 5.69 Å². The molecule has 0 aromatic heterocycles. The Kier molecular flexibility index (Phi) is 3.36. The number of carbonyl (C=O) groups is 2. The smallest absolute Gasteiger partial charge is 0.233 e. The van der Waals surface area contributed by atoms with Gasteiger partial charge in [0.1, 0.15) is 0 Å². The van der Waals surface area contributed by atoms with E-state index in [-0.39, 0.29) is 11.8 Å². The molecule has 1 aliphatic heterocycles. The third kappa shape index (κ3) is 2.23. The SMILES string of the molecule is Cc1cc(N2C(=O)CCCCC2=O)c(C)cc1N. The van der Waals surface area contributed by atoms with Gasteiger partial charge < -0.3 is 5.73 Å². The number of rotatable bonds is 1. The number of nitrogen functional groups attached to an aromatic ring is 1. The van der Waals surface area contributed by atoms with Crippen LogP contribution in [0.25, 0.3) is 0 Å². The third-order valence-electron chi connectivity index (χ3n) is 3.36. The van der Waals surface area contributed by atoms with E-state index < -0.39 is 0 Å². The molecule has 0 spiro atoms. The van der Waals surface area contributed by atoms with Gasteiger partial charge in [-0.05, 0) is 49.9 Å². The van der Waals surface area contributed by atoms with Crippen molar-refractivity contribution in [3.8, 4) is 0 Å². The van der Waals surface area contributed by atoms with Gasteiger partial charge in [-0.1, -0.05) is 0 Å². The van der Waals surface area contributed by atoms with E-state index in [1.807, 2.05) is 26.0 Å². The van der Waals surface area contributed by atoms with Gasteiger partial charge in [0.15, 0.2) is 0 Å². The predicted molar refractivity (Wildman–Crippen MR) is 71.3 cm³/mol. The van der Waals surface area contributed by atoms with Crippen LogP contribution in [0.5, 0.6) is 0 Å². The summed E-state index contributed by atoms with van der Waals surface area (Å²) in [4.78, 5) is 25.4. The van der Waals surface area contributed by atoms with E-state index in [1.165, 1.54) is 4.90 Å². The lowest BCUT2D eigenvalue weighted by Gasteiger charge is -2.22. The minimum Gasteiger partial charge on any atom is -0.399 e. The molecule has 0 bridgehead atoms. The molecule has 0 saturated carbocycles. The molecule has 1 aromatic carbocycles. The zero-order valence-corrected chi connectivity index (χ0v) is 10.8. The zero-order valence-electron chi connectivity index (χ0n) is 10.8. The lowest BCUT2D eigenvalue weighted by Crippen LogP contribution is -2.35. The molecule has 18 heavy (non-hydrogen) atoms. The molecule has 0 aliphatic carbocycles. The van der Waals surface area contributed by atoms with Gasteiger partial charge >= 0.3 is 0 Å². The number of amides is 2. The second-order valence-electron chi connectivity index (χ2n) is 4.83. The van der Waals surface area contributed by atoms with Crippen molar-refractivity contribution in [2.45, 2.75) is 39.5 Å². The molecule has 1 aromatic rings. The second-order valence-corrected chi connectivity index (χ2v) is 4.83. The van der Waals surface area contributed by atoms with Crippen molar-refractivity contribution in [2.24, 2.45) is 0 Å². The number of nitrogens with zero attached hydrogens (tertiary/aromatic N) is 1. The molecule has 1 aliphatic rings. The van der Waals surface area contributed by atoms with Crippen molar-refractivity contribution >= 4 is 23.2 Å². The highest BCUT2D eigenvalue weighted by Crippen LogP contribution is 2.28. The van der Waals surface area contributed by atoms with Gasteiger partial charge in [0, 0.05) is 18.5 Å². The van der Waals surface area contributed by atoms with Crippen molar-refractivity contribution in [3.05, 3.63) is 23.3 Å². The molecule has 0 unspecified atom stereocenters. The maximum Gasteiger partial charge on any atom is 0.233 e. The maximum absolute atomic E-state index is 12.0. The van der Waals surface area contributed by atoms with Crippen LogP contribution in [0.4, 0.5) is 11.4 Å². The van der Waals surface area contributed by atoms with Gasteiger partial charge in [-0.3, -0.25) is 14.5 Å². The van der Waals surface area contributed by atoms with E-state index in [4.69, 9.17) is 5.73 Å². The van der Waals surface area contributed by atoms with Crippen LogP contribution >= 0.6 is 0 Å². The Balaban J connectivity index is 2.48. The molecule has 2 N–H and O–H groups in total. The number of aryl methyl sites for hydroxylation is 2. The van der Waals surface area contributed by atoms with Crippen molar-refractivity contribution < 1.29 is 9.59 Å². The number of anilines is 2. The summed E-state index contributed by atoms with van der Waals surface area (Å²) >= 11 is 0. The fourth-order valence-corrected chi connectivity index (χ4v) is 2.25. The molecule has 4 heteroatoms. The van der Waals surface area contributed by atoms with Gasteiger partial charge in [-0.2, -0.15) is 0 Å². The monoisotopic (exact) mass is 246 g/mol. The Bertz CT molecular complexity index is 491. The summed E-state index contributed by atoms with van der Waals surface area (Å²) in [5.41, 5.74) is 8.95. The van der Waals surface area contributed by atoms with Crippen LogP contribution in [-0.2, 0) is 9.59 Å². The average Bonchev–Trinajstić information content (AvgIpc) is 2.46. The van der Waals surface area contributed by atoms with Crippen molar-refractivity contribution in [2.75, 3.05) is 10.6 Å². The molecular weight excluding hydrogens is 228 g/mol. The first-order valence-corrected chi connectivity index (χ1v) is 6.23. The van der Waals surface area contributed by atoms with E-state index >= 15 is 0 Å². The molecular formula is C14H18N2O2. The molecule has 2 amide bonds. The first-order valence-electron chi connectivity index (χ1n) is 6.23. The molecule has 1 fully saturated rings. The van der Waals surface area contributed by atoms with Gasteiger partial charge in [-0.15, -0.1) is 0 Å². The fourth-order valence-electron chi connectivity index (χ4n) is 2.25. The molecule has 96 valence electrons. The first kappa shape index (κ1) is 12.6. The molecule has 4 nitrogen and oxygen atoms in total. The summed E-state index contributed by atoms with van der Waals surface area (Å²) in [5, 5.41) is 0. The van der Waals surface area contributed by atoms with E-state index in [2.05, 4.69) is 0 Å². The Morgan fingerprint density at radius 3 is 2.11 bits per heavy atom. The zero-order chi connectivity index (χ0) is 13.3. The minimum absolute atomic E-state index is 0.107. The predicted octanol–water partition coefficient (Wildman–Crippen LogP) is 2.32. The topological polar surface area (TPSA) is 63.4 Å². The molecule has 0 radical (unpaired) electrons. The summed E-state index contributed by atoms with van der Waals surface area (Å²) in [5.74, 6) is -0.213. The van der Waals surface area contributed by atoms with Crippen molar-refractivity contribution in [3.63, 3.8) is 0 Å². The number of benzene rings is 1. The van der Waals surface area contributed by atoms with Crippen molar-refractivity contribution in [1.29, 1.82) is 0 Å². The van der Waals surface area contributed by atoms with Crippen LogP contribution < -0.4 is 10.6 Å². The van der Waals surface area contributed by atoms with Crippen LogP contribution in [0, 0.1) is 13.8 Å². The highest BCUT2D eigenvalue weighted by molar-refractivity contribution is 6.15. The normalized spacial score (nSPS) is 16.9. The summed E-state index contributed by atoms with van der Waals surface area (Å²) in [7, 11) is 0. The minimum atomic E-state index is -0.107. The Labute approximate surface area is 107 Å². The van der Waals surface area contributed by atoms with Crippen LogP contribution in [0.2, 0.25) is 0 Å². The summed E-state index contributed by atoms with van der Waals surface area (Å²) in [6, 6.07) is 3.64. The molecule has 1 saturated heterocycles. The van der Waals surface area contributed by atoms with E-state index in [0.717, 1.165) is 24.0 Å². The number of carbonyl (C=O) groups excluding carboxylic acids is 2. The number of hydrogen-bond acceptors (Lipinski definition) is 3. The molecule has 0 atom stereocenters. The van der Waals surface area contributed by atoms with Gasteiger partial charge in [-0.25, -0.2) is 0 Å². The van der Waals surface area contributed by atoms with Crippen LogP contribution in [0.3, 0.4) is 0 Å². The quantitative estimate of drug-likeness (QED) is 0.611. The number of hydrogen-bond donors (Lipinski definition) is 1. The van der Waals surface area contributed by atoms with Crippen LogP contribution in [0.1, 0.15) is 36.8 Å². The maximum atomic E-state index is 12.0. The van der Waals surface area contributed by atoms with Crippen molar-refractivity contribution in [1.82, 2.24) is 0 Å². The third-order valence-corrected chi connectivity index (χ3v) is 3.36. The van der Waals surface area contributed by atoms with Crippen LogP contribution in [-0.4, -0.2) is 11.8 Å². The summed E-state index contributed by atoms with van der Waals surface area (Å²) < 4.78 is 0. The van der Waals surface area contributed by atoms with E-state index in [9.17, 15) is 9.59 Å². The highest BCUT2D eigenvalue weighted by atomic mass is 16.2. The number of nitrogens with two attached hydrogens (primary N) is 1. The molecule has 1 heterocycles. The standard InChI is InChI=1S/C14H18N2O2/c1-9-8-12(10(2)7-11(9)15)16-13(17)5-3-4-6-14(16)18/h7-8H,3-6,15H2,1-2H3. The number of imide groups is 1. The largest absolute Gasteiger partial charge is 0.399 e. The highest BCUT2D eigenvalue weighted by Gasteiger charge is 2.26. The lowest BCUT2D eigenvalue weighted by molar-refractivity contribution is -0.125. The fraction of sp³-hybridized carbons (Fsp3) is 0.429. The van der Waals surface area contributed by atoms with Gasteiger partial charge in [0.2, 0.25) is 11.8 Å². The van der Waals surface area contributed by atoms with Crippen LogP contribution in [0.15, 0.2) is 12.1 Å². The summed E-state index contributed by atoms with van der Waals surface area (Å²) in [6.07, 6.45) is 2.45. The Hall–Kier alpha value is -1.84. The molecule has 2 rings (SSSR count). The first-order chi connectivity index (χ1) is 8.50. The summed E-state index contributed by atoms with van der Waals surface area (Å²) in [6.45, 7) is 3.75. The second kappa shape index (κ2) is 4.80. The van der Waals surface area contributed by atoms with E-state index in [1.54, 1.807) is 0 Å². The van der Waals surface area contributed by atoms with E-state index in [0.29, 0.717) is 24.2 Å². The Morgan fingerprint density at radius 1 is 1.00 bits per heavy atom.